The first kappa shape index (κ1) is 15.0. The van der Waals surface area contributed by atoms with Crippen LogP contribution in [0.15, 0.2) is 42.6 Å². The van der Waals surface area contributed by atoms with Crippen LogP contribution in [-0.2, 0) is 0 Å². The van der Waals surface area contributed by atoms with Crippen LogP contribution in [0, 0.1) is 0 Å². The Morgan fingerprint density at radius 3 is 2.58 bits per heavy atom. The zero-order chi connectivity index (χ0) is 16.6. The molecule has 3 aromatic rings. The van der Waals surface area contributed by atoms with Gasteiger partial charge in [-0.15, -0.1) is 0 Å². The minimum atomic E-state index is -0.164. The molecule has 0 spiro atoms. The highest BCUT2D eigenvalue weighted by Gasteiger charge is 2.29. The van der Waals surface area contributed by atoms with Gasteiger partial charge in [0.05, 0.1) is 17.1 Å². The van der Waals surface area contributed by atoms with Crippen LogP contribution >= 0.6 is 0 Å². The van der Waals surface area contributed by atoms with Crippen molar-refractivity contribution in [2.24, 2.45) is 0 Å². The van der Waals surface area contributed by atoms with Gasteiger partial charge in [-0.25, -0.2) is 0 Å². The molecular formula is C19H21N3O2. The Labute approximate surface area is 140 Å². The van der Waals surface area contributed by atoms with Crippen LogP contribution in [0.3, 0.4) is 0 Å². The van der Waals surface area contributed by atoms with Crippen molar-refractivity contribution >= 4 is 10.9 Å². The zero-order valence-electron chi connectivity index (χ0n) is 13.7. The summed E-state index contributed by atoms with van der Waals surface area (Å²) in [7, 11) is 0. The minimum absolute atomic E-state index is 0.164. The van der Waals surface area contributed by atoms with E-state index in [1.54, 1.807) is 12.1 Å². The van der Waals surface area contributed by atoms with Crippen molar-refractivity contribution in [1.82, 2.24) is 15.5 Å². The molecule has 0 saturated carbocycles. The molecule has 0 atom stereocenters. The number of nitrogens with one attached hydrogen (secondary N) is 2. The summed E-state index contributed by atoms with van der Waals surface area (Å²) in [4.78, 5) is 0. The quantitative estimate of drug-likeness (QED) is 0.690. The molecule has 5 heteroatoms. The molecular weight excluding hydrogens is 302 g/mol. The van der Waals surface area contributed by atoms with Crippen LogP contribution in [0.4, 0.5) is 0 Å². The molecule has 2 aromatic carbocycles. The van der Waals surface area contributed by atoms with Gasteiger partial charge in [0, 0.05) is 0 Å². The maximum absolute atomic E-state index is 9.50. The Bertz CT molecular complexity index is 849. The smallest absolute Gasteiger partial charge is 0.131 e. The van der Waals surface area contributed by atoms with E-state index in [2.05, 4.69) is 34.6 Å². The molecule has 1 fully saturated rings. The molecule has 0 amide bonds. The first-order valence-electron chi connectivity index (χ1n) is 8.29. The Morgan fingerprint density at radius 2 is 1.83 bits per heavy atom. The number of benzene rings is 2. The number of hydrogen-bond acceptors (Lipinski definition) is 4. The van der Waals surface area contributed by atoms with E-state index in [1.165, 1.54) is 0 Å². The third-order valence-corrected chi connectivity index (χ3v) is 4.74. The minimum Gasteiger partial charge on any atom is -0.508 e. The van der Waals surface area contributed by atoms with E-state index >= 15 is 0 Å². The number of phenolic OH excluding ortho intramolecular Hbond substituents is 1. The van der Waals surface area contributed by atoms with Gasteiger partial charge in [-0.1, -0.05) is 12.1 Å². The summed E-state index contributed by atoms with van der Waals surface area (Å²) in [6, 6.07) is 11.3. The first-order chi connectivity index (χ1) is 11.6. The lowest BCUT2D eigenvalue weighted by Crippen LogP contribution is -2.43. The number of H-pyrrole nitrogens is 1. The summed E-state index contributed by atoms with van der Waals surface area (Å²) >= 11 is 0. The topological polar surface area (TPSA) is 70.2 Å². The van der Waals surface area contributed by atoms with E-state index in [4.69, 9.17) is 4.74 Å². The van der Waals surface area contributed by atoms with Crippen LogP contribution < -0.4 is 10.1 Å². The van der Waals surface area contributed by atoms with Crippen LogP contribution in [-0.4, -0.2) is 34.0 Å². The maximum Gasteiger partial charge on any atom is 0.131 e. The summed E-state index contributed by atoms with van der Waals surface area (Å²) in [5, 5.41) is 21.1. The standard InChI is InChI=1S/C19H21N3O2/c1-19(6-8-20-9-7-19)24-18-11-14(10-17-16(18)12-21-22-17)13-2-4-15(23)5-3-13/h2-5,10-12,20,23H,6-9H2,1H3,(H,21,22). The van der Waals surface area contributed by atoms with Gasteiger partial charge in [-0.05, 0) is 68.2 Å². The van der Waals surface area contributed by atoms with E-state index < -0.39 is 0 Å². The molecule has 5 nitrogen and oxygen atoms in total. The van der Waals surface area contributed by atoms with Crippen LogP contribution in [0.5, 0.6) is 11.5 Å². The van der Waals surface area contributed by atoms with E-state index in [0.717, 1.165) is 53.7 Å². The number of rotatable bonds is 3. The van der Waals surface area contributed by atoms with Crippen molar-refractivity contribution in [3.05, 3.63) is 42.6 Å². The first-order valence-corrected chi connectivity index (χ1v) is 8.29. The second-order valence-corrected chi connectivity index (χ2v) is 6.65. The SMILES string of the molecule is CC1(Oc2cc(-c3ccc(O)cc3)cc3[nH]ncc23)CCNCC1. The molecule has 1 saturated heterocycles. The largest absolute Gasteiger partial charge is 0.508 e. The summed E-state index contributed by atoms with van der Waals surface area (Å²) in [5.41, 5.74) is 2.86. The third-order valence-electron chi connectivity index (χ3n) is 4.74. The number of ether oxygens (including phenoxy) is 1. The van der Waals surface area contributed by atoms with Crippen molar-refractivity contribution < 1.29 is 9.84 Å². The van der Waals surface area contributed by atoms with E-state index in [1.807, 2.05) is 18.3 Å². The van der Waals surface area contributed by atoms with Gasteiger partial charge >= 0.3 is 0 Å². The molecule has 4 rings (SSSR count). The van der Waals surface area contributed by atoms with E-state index in [9.17, 15) is 5.11 Å². The molecule has 0 radical (unpaired) electrons. The van der Waals surface area contributed by atoms with Crippen LogP contribution in [0.2, 0.25) is 0 Å². The molecule has 1 aromatic heterocycles. The fraction of sp³-hybridized carbons (Fsp3) is 0.316. The second-order valence-electron chi connectivity index (χ2n) is 6.65. The lowest BCUT2D eigenvalue weighted by Gasteiger charge is -2.35. The second kappa shape index (κ2) is 5.83. The van der Waals surface area contributed by atoms with Crippen LogP contribution in [0.25, 0.3) is 22.0 Å². The summed E-state index contributed by atoms with van der Waals surface area (Å²) < 4.78 is 6.45. The predicted molar refractivity (Wildman–Crippen MR) is 94.3 cm³/mol. The van der Waals surface area contributed by atoms with Crippen molar-refractivity contribution in [2.75, 3.05) is 13.1 Å². The molecule has 124 valence electrons. The normalized spacial score (nSPS) is 17.0. The number of piperidine rings is 1. The number of phenols is 1. The molecule has 1 aliphatic heterocycles. The summed E-state index contributed by atoms with van der Waals surface area (Å²) in [6.45, 7) is 4.12. The van der Waals surface area contributed by atoms with Gasteiger partial charge in [0.25, 0.3) is 0 Å². The molecule has 24 heavy (non-hydrogen) atoms. The zero-order valence-corrected chi connectivity index (χ0v) is 13.7. The summed E-state index contributed by atoms with van der Waals surface area (Å²) in [6.07, 6.45) is 3.78. The Kier molecular flexibility index (Phi) is 3.65. The van der Waals surface area contributed by atoms with Gasteiger partial charge in [0.15, 0.2) is 0 Å². The Balaban J connectivity index is 1.76. The van der Waals surface area contributed by atoms with Crippen molar-refractivity contribution in [2.45, 2.75) is 25.4 Å². The van der Waals surface area contributed by atoms with E-state index in [-0.39, 0.29) is 11.4 Å². The Hall–Kier alpha value is -2.53. The molecule has 3 N–H and O–H groups in total. The molecule has 0 unspecified atom stereocenters. The lowest BCUT2D eigenvalue weighted by atomic mass is 9.94. The third kappa shape index (κ3) is 2.83. The monoisotopic (exact) mass is 323 g/mol. The van der Waals surface area contributed by atoms with E-state index in [0.29, 0.717) is 0 Å². The number of fused-ring (bicyclic) bond motifs is 1. The number of aromatic nitrogens is 2. The van der Waals surface area contributed by atoms with Gasteiger partial charge in [0.2, 0.25) is 0 Å². The molecule has 0 aliphatic carbocycles. The van der Waals surface area contributed by atoms with Gasteiger partial charge in [-0.3, -0.25) is 5.10 Å². The van der Waals surface area contributed by atoms with Crippen molar-refractivity contribution in [3.8, 4) is 22.6 Å². The Morgan fingerprint density at radius 1 is 1.08 bits per heavy atom. The highest BCUT2D eigenvalue weighted by atomic mass is 16.5. The summed E-state index contributed by atoms with van der Waals surface area (Å²) in [5.74, 6) is 1.12. The fourth-order valence-electron chi connectivity index (χ4n) is 3.25. The lowest BCUT2D eigenvalue weighted by molar-refractivity contribution is 0.0573. The van der Waals surface area contributed by atoms with Gasteiger partial charge in [-0.2, -0.15) is 5.10 Å². The fourth-order valence-corrected chi connectivity index (χ4v) is 3.25. The van der Waals surface area contributed by atoms with Gasteiger partial charge < -0.3 is 15.2 Å². The molecule has 1 aliphatic rings. The van der Waals surface area contributed by atoms with Crippen LogP contribution in [0.1, 0.15) is 19.8 Å². The van der Waals surface area contributed by atoms with Crippen molar-refractivity contribution in [3.63, 3.8) is 0 Å². The van der Waals surface area contributed by atoms with Crippen molar-refractivity contribution in [1.29, 1.82) is 0 Å². The maximum atomic E-state index is 9.50. The number of hydrogen-bond donors (Lipinski definition) is 3. The number of aromatic hydroxyl groups is 1. The molecule has 2 heterocycles. The average Bonchev–Trinajstić information content (AvgIpc) is 3.05. The number of nitrogens with zero attached hydrogens (tertiary/aromatic N) is 1. The number of aromatic amines is 1. The average molecular weight is 323 g/mol. The molecule has 0 bridgehead atoms. The highest BCUT2D eigenvalue weighted by Crippen LogP contribution is 2.35. The highest BCUT2D eigenvalue weighted by molar-refractivity contribution is 5.89. The van der Waals surface area contributed by atoms with Gasteiger partial charge in [0.1, 0.15) is 17.1 Å². The predicted octanol–water partition coefficient (Wildman–Crippen LogP) is 3.46.